The first-order chi connectivity index (χ1) is 18.3. The van der Waals surface area contributed by atoms with Crippen LogP contribution in [-0.2, 0) is 14.3 Å². The van der Waals surface area contributed by atoms with E-state index in [1.165, 1.54) is 64.9 Å². The molecule has 3 N–H and O–H groups in total. The van der Waals surface area contributed by atoms with E-state index in [1.54, 1.807) is 13.1 Å². The zero-order valence-corrected chi connectivity index (χ0v) is 23.9. The summed E-state index contributed by atoms with van der Waals surface area (Å²) in [5, 5.41) is 3.30. The standard InChI is InChI=1S/C19H34N2O3.C9H11ClN2O2/c1-23-17-6-5-11-20(14-17)10-4-2-3-7-19(22)24-18-15-21-12-8-16(18)9-13-21;1-12-7-4-8(14-2)5(9(11)13)3-6(7)10/h16-18H,2-15H2,1H3;3-4,12H,1-2H3,(H2,11,13)/t17-,18+;/m1./s1. The fourth-order valence-electron chi connectivity index (χ4n) is 5.57. The maximum atomic E-state index is 12.1. The Hall–Kier alpha value is -2.07. The summed E-state index contributed by atoms with van der Waals surface area (Å²) in [6.07, 6.45) is 9.25. The predicted molar refractivity (Wildman–Crippen MR) is 150 cm³/mol. The van der Waals surface area contributed by atoms with Crippen molar-refractivity contribution in [2.24, 2.45) is 11.7 Å². The molecule has 0 saturated carbocycles. The molecule has 4 heterocycles. The first-order valence-corrected chi connectivity index (χ1v) is 14.2. The smallest absolute Gasteiger partial charge is 0.306 e. The minimum Gasteiger partial charge on any atom is -0.496 e. The molecule has 4 aliphatic rings. The van der Waals surface area contributed by atoms with Crippen molar-refractivity contribution < 1.29 is 23.8 Å². The molecule has 4 fully saturated rings. The highest BCUT2D eigenvalue weighted by Gasteiger charge is 2.36. The first kappa shape index (κ1) is 30.5. The third-order valence-corrected chi connectivity index (χ3v) is 8.17. The molecule has 4 saturated heterocycles. The van der Waals surface area contributed by atoms with E-state index in [2.05, 4.69) is 15.1 Å². The van der Waals surface area contributed by atoms with Crippen LogP contribution in [0.1, 0.15) is 61.7 Å². The van der Waals surface area contributed by atoms with E-state index in [9.17, 15) is 9.59 Å². The molecular formula is C28H45ClN4O5. The van der Waals surface area contributed by atoms with Crippen LogP contribution in [0, 0.1) is 5.92 Å². The van der Waals surface area contributed by atoms with E-state index in [0.29, 0.717) is 34.9 Å². The van der Waals surface area contributed by atoms with Crippen molar-refractivity contribution in [3.8, 4) is 5.75 Å². The molecule has 1 amide bonds. The summed E-state index contributed by atoms with van der Waals surface area (Å²) in [5.41, 5.74) is 6.12. The summed E-state index contributed by atoms with van der Waals surface area (Å²) >= 11 is 5.88. The molecule has 4 aliphatic heterocycles. The van der Waals surface area contributed by atoms with E-state index in [1.807, 2.05) is 7.11 Å². The van der Waals surface area contributed by atoms with Crippen molar-refractivity contribution in [1.82, 2.24) is 9.80 Å². The SMILES string of the molecule is CNc1cc(OC)c(C(N)=O)cc1Cl.CO[C@@H]1CCCN(CCCCCC(=O)O[C@H]2CN3CCC2CC3)C1. The van der Waals surface area contributed by atoms with Gasteiger partial charge in [0.1, 0.15) is 11.9 Å². The molecule has 0 spiro atoms. The Morgan fingerprint density at radius 1 is 1.08 bits per heavy atom. The molecule has 2 atom stereocenters. The van der Waals surface area contributed by atoms with Crippen molar-refractivity contribution in [2.75, 3.05) is 65.9 Å². The summed E-state index contributed by atoms with van der Waals surface area (Å²) in [7, 11) is 5.01. The number of fused-ring (bicyclic) bond motifs is 3. The number of primary amides is 1. The number of hydrogen-bond acceptors (Lipinski definition) is 8. The van der Waals surface area contributed by atoms with E-state index >= 15 is 0 Å². The number of nitrogens with one attached hydrogen (secondary N) is 1. The fraction of sp³-hybridized carbons (Fsp3) is 0.714. The number of carbonyl (C=O) groups excluding carboxylic acids is 2. The van der Waals surface area contributed by atoms with Crippen LogP contribution in [0.5, 0.6) is 5.75 Å². The predicted octanol–water partition coefficient (Wildman–Crippen LogP) is 3.78. The van der Waals surface area contributed by atoms with Crippen LogP contribution < -0.4 is 15.8 Å². The van der Waals surface area contributed by atoms with E-state index < -0.39 is 5.91 Å². The second-order valence-corrected chi connectivity index (χ2v) is 10.8. The second kappa shape index (κ2) is 15.5. The number of carbonyl (C=O) groups is 2. The molecule has 0 aliphatic carbocycles. The average molecular weight is 553 g/mol. The van der Waals surface area contributed by atoms with Crippen molar-refractivity contribution in [1.29, 1.82) is 0 Å². The lowest BCUT2D eigenvalue weighted by Crippen LogP contribution is -2.51. The molecule has 5 rings (SSSR count). The topological polar surface area (TPSA) is 106 Å². The van der Waals surface area contributed by atoms with Gasteiger partial charge >= 0.3 is 5.97 Å². The average Bonchev–Trinajstić information content (AvgIpc) is 2.93. The Morgan fingerprint density at radius 3 is 2.45 bits per heavy atom. The van der Waals surface area contributed by atoms with Crippen LogP contribution in [0.2, 0.25) is 5.02 Å². The van der Waals surface area contributed by atoms with Crippen molar-refractivity contribution in [3.63, 3.8) is 0 Å². The second-order valence-electron chi connectivity index (χ2n) is 10.4. The number of hydrogen-bond donors (Lipinski definition) is 2. The van der Waals surface area contributed by atoms with Crippen molar-refractivity contribution in [2.45, 2.75) is 63.6 Å². The molecule has 0 radical (unpaired) electrons. The Labute approximate surface area is 232 Å². The van der Waals surface area contributed by atoms with E-state index in [4.69, 9.17) is 31.5 Å². The lowest BCUT2D eigenvalue weighted by Gasteiger charge is -2.43. The number of nitrogens with zero attached hydrogens (tertiary/aromatic N) is 2. The molecule has 0 aromatic heterocycles. The lowest BCUT2D eigenvalue weighted by atomic mass is 9.86. The minimum absolute atomic E-state index is 0.0196. The van der Waals surface area contributed by atoms with Gasteiger partial charge in [0.05, 0.1) is 29.5 Å². The summed E-state index contributed by atoms with van der Waals surface area (Å²) < 4.78 is 16.2. The third kappa shape index (κ3) is 9.00. The number of piperidine rings is 4. The number of anilines is 1. The maximum absolute atomic E-state index is 12.1. The number of unbranched alkanes of at least 4 members (excludes halogenated alkanes) is 2. The molecule has 9 nitrogen and oxygen atoms in total. The van der Waals surface area contributed by atoms with Gasteiger partial charge < -0.3 is 30.2 Å². The van der Waals surface area contributed by atoms with Gasteiger partial charge in [0.2, 0.25) is 0 Å². The summed E-state index contributed by atoms with van der Waals surface area (Å²) in [5.74, 6) is 0.482. The number of esters is 1. The maximum Gasteiger partial charge on any atom is 0.306 e. The van der Waals surface area contributed by atoms with E-state index in [-0.39, 0.29) is 17.6 Å². The van der Waals surface area contributed by atoms with E-state index in [0.717, 1.165) is 32.5 Å². The molecule has 0 unspecified atom stereocenters. The first-order valence-electron chi connectivity index (χ1n) is 13.9. The number of likely N-dealkylation sites (tertiary alicyclic amines) is 1. The Morgan fingerprint density at radius 2 is 1.84 bits per heavy atom. The highest BCUT2D eigenvalue weighted by atomic mass is 35.5. The van der Waals surface area contributed by atoms with Crippen LogP contribution in [-0.4, -0.2) is 94.4 Å². The molecular weight excluding hydrogens is 508 g/mol. The molecule has 2 bridgehead atoms. The van der Waals surface area contributed by atoms with Crippen LogP contribution >= 0.6 is 11.6 Å². The third-order valence-electron chi connectivity index (χ3n) is 7.85. The van der Waals surface area contributed by atoms with Crippen LogP contribution in [0.15, 0.2) is 12.1 Å². The fourth-order valence-corrected chi connectivity index (χ4v) is 5.83. The molecule has 1 aromatic carbocycles. The van der Waals surface area contributed by atoms with Gasteiger partial charge in [-0.1, -0.05) is 18.0 Å². The molecule has 10 heteroatoms. The van der Waals surface area contributed by atoms with Gasteiger partial charge in [-0.3, -0.25) is 14.5 Å². The highest BCUT2D eigenvalue weighted by Crippen LogP contribution is 2.31. The van der Waals surface area contributed by atoms with Gasteiger partial charge in [0.25, 0.3) is 5.91 Å². The van der Waals surface area contributed by atoms with Gasteiger partial charge in [-0.25, -0.2) is 0 Å². The zero-order valence-electron chi connectivity index (χ0n) is 23.2. The van der Waals surface area contributed by atoms with Crippen LogP contribution in [0.4, 0.5) is 5.69 Å². The Kier molecular flexibility index (Phi) is 12.4. The van der Waals surface area contributed by atoms with Gasteiger partial charge in [0, 0.05) is 39.7 Å². The zero-order chi connectivity index (χ0) is 27.5. The van der Waals surface area contributed by atoms with Gasteiger partial charge in [-0.05, 0) is 76.7 Å². The molecule has 38 heavy (non-hydrogen) atoms. The Bertz CT molecular complexity index is 909. The van der Waals surface area contributed by atoms with Gasteiger partial charge in [-0.2, -0.15) is 0 Å². The normalized spacial score (nSPS) is 24.7. The minimum atomic E-state index is -0.564. The highest BCUT2D eigenvalue weighted by molar-refractivity contribution is 6.33. The summed E-state index contributed by atoms with van der Waals surface area (Å²) in [4.78, 5) is 28.0. The summed E-state index contributed by atoms with van der Waals surface area (Å²) in [6.45, 7) is 6.75. The Balaban J connectivity index is 0.000000244. The number of methoxy groups -OCH3 is 2. The number of benzene rings is 1. The van der Waals surface area contributed by atoms with Crippen molar-refractivity contribution in [3.05, 3.63) is 22.7 Å². The lowest BCUT2D eigenvalue weighted by molar-refractivity contribution is -0.158. The van der Waals surface area contributed by atoms with Crippen LogP contribution in [0.25, 0.3) is 0 Å². The quantitative estimate of drug-likeness (QED) is 0.315. The molecule has 1 aromatic rings. The number of halogens is 1. The van der Waals surface area contributed by atoms with Crippen LogP contribution in [0.3, 0.4) is 0 Å². The van der Waals surface area contributed by atoms with Gasteiger partial charge in [-0.15, -0.1) is 0 Å². The largest absolute Gasteiger partial charge is 0.496 e. The van der Waals surface area contributed by atoms with Gasteiger partial charge in [0.15, 0.2) is 0 Å². The van der Waals surface area contributed by atoms with Crippen molar-refractivity contribution >= 4 is 29.2 Å². The summed E-state index contributed by atoms with van der Waals surface area (Å²) in [6, 6.07) is 3.11. The monoisotopic (exact) mass is 552 g/mol. The number of ether oxygens (including phenoxy) is 3. The number of nitrogens with two attached hydrogens (primary N) is 1. The number of rotatable bonds is 11. The number of amides is 1. The molecule has 214 valence electrons.